The second-order valence-corrected chi connectivity index (χ2v) is 4.63. The molecule has 1 rings (SSSR count). The number of amides is 2. The van der Waals surface area contributed by atoms with Gasteiger partial charge in [0.15, 0.2) is 0 Å². The summed E-state index contributed by atoms with van der Waals surface area (Å²) < 4.78 is 0. The minimum atomic E-state index is -1.30. The molecule has 0 saturated carbocycles. The molecule has 108 valence electrons. The van der Waals surface area contributed by atoms with Crippen LogP contribution < -0.4 is 11.1 Å². The van der Waals surface area contributed by atoms with Gasteiger partial charge in [0, 0.05) is 11.4 Å². The molecule has 4 N–H and O–H groups in total. The molecule has 0 fully saturated rings. The van der Waals surface area contributed by atoms with Gasteiger partial charge in [0.25, 0.3) is 0 Å². The van der Waals surface area contributed by atoms with E-state index in [4.69, 9.17) is 22.4 Å². The van der Waals surface area contributed by atoms with E-state index in [1.54, 1.807) is 24.3 Å². The molecule has 6 nitrogen and oxygen atoms in total. The van der Waals surface area contributed by atoms with Crippen LogP contribution in [0.3, 0.4) is 0 Å². The van der Waals surface area contributed by atoms with E-state index in [1.807, 2.05) is 0 Å². The highest BCUT2D eigenvalue weighted by Crippen LogP contribution is 2.16. The molecule has 0 aliphatic heterocycles. The van der Waals surface area contributed by atoms with Gasteiger partial charge < -0.3 is 16.2 Å². The number of carbonyl (C=O) groups is 3. The van der Waals surface area contributed by atoms with Crippen molar-refractivity contribution >= 4 is 29.4 Å². The zero-order chi connectivity index (χ0) is 15.1. The number of nitrogens with two attached hydrogens (primary N) is 1. The Morgan fingerprint density at radius 1 is 1.30 bits per heavy atom. The quantitative estimate of drug-likeness (QED) is 0.689. The lowest BCUT2D eigenvalue weighted by Gasteiger charge is -2.12. The van der Waals surface area contributed by atoms with Crippen molar-refractivity contribution in [3.05, 3.63) is 34.9 Å². The fraction of sp³-hybridized carbons (Fsp3) is 0.308. The molecule has 2 amide bonds. The highest BCUT2D eigenvalue weighted by Gasteiger charge is 2.21. The van der Waals surface area contributed by atoms with Crippen LogP contribution in [0.5, 0.6) is 0 Å². The number of nitrogens with one attached hydrogen (secondary N) is 1. The molecular formula is C13H15ClN2O4. The van der Waals surface area contributed by atoms with E-state index in [0.29, 0.717) is 11.4 Å². The molecule has 0 aliphatic carbocycles. The van der Waals surface area contributed by atoms with E-state index in [9.17, 15) is 14.4 Å². The first-order valence-corrected chi connectivity index (χ1v) is 6.32. The van der Waals surface area contributed by atoms with Gasteiger partial charge in [0.2, 0.25) is 11.8 Å². The van der Waals surface area contributed by atoms with E-state index in [1.165, 1.54) is 0 Å². The summed E-state index contributed by atoms with van der Waals surface area (Å²) in [6.45, 7) is 0. The van der Waals surface area contributed by atoms with Gasteiger partial charge in [0.1, 0.15) is 6.04 Å². The van der Waals surface area contributed by atoms with Crippen molar-refractivity contribution in [2.75, 3.05) is 0 Å². The van der Waals surface area contributed by atoms with Crippen LogP contribution in [-0.2, 0) is 20.8 Å². The molecule has 20 heavy (non-hydrogen) atoms. The van der Waals surface area contributed by atoms with E-state index in [-0.39, 0.29) is 6.42 Å². The van der Waals surface area contributed by atoms with Crippen LogP contribution in [0.15, 0.2) is 24.3 Å². The Morgan fingerprint density at radius 3 is 2.50 bits per heavy atom. The predicted molar refractivity (Wildman–Crippen MR) is 73.2 cm³/mol. The number of halogens is 1. The summed E-state index contributed by atoms with van der Waals surface area (Å²) in [6, 6.07) is 5.77. The Bertz CT molecular complexity index is 519. The van der Waals surface area contributed by atoms with Crippen LogP contribution in [0.1, 0.15) is 18.4 Å². The fourth-order valence-electron chi connectivity index (χ4n) is 1.62. The highest BCUT2D eigenvalue weighted by atomic mass is 35.5. The number of benzene rings is 1. The number of rotatable bonds is 7. The lowest BCUT2D eigenvalue weighted by molar-refractivity contribution is -0.143. The molecule has 0 radical (unpaired) electrons. The summed E-state index contributed by atoms with van der Waals surface area (Å²) >= 11 is 5.95. The summed E-state index contributed by atoms with van der Waals surface area (Å²) in [5.41, 5.74) is 5.72. The summed E-state index contributed by atoms with van der Waals surface area (Å²) in [5, 5.41) is 11.7. The second kappa shape index (κ2) is 7.49. The maximum atomic E-state index is 11.7. The smallest absolute Gasteiger partial charge is 0.326 e. The first-order chi connectivity index (χ1) is 9.40. The van der Waals surface area contributed by atoms with Crippen molar-refractivity contribution in [1.82, 2.24) is 5.32 Å². The third-order valence-corrected chi connectivity index (χ3v) is 2.99. The number of primary amides is 1. The molecule has 0 saturated heterocycles. The first kappa shape index (κ1) is 16.0. The summed E-state index contributed by atoms with van der Waals surface area (Å²) in [5.74, 6) is -2.56. The van der Waals surface area contributed by atoms with Gasteiger partial charge in [0.05, 0.1) is 6.42 Å². The van der Waals surface area contributed by atoms with Crippen LogP contribution in [-0.4, -0.2) is 28.9 Å². The number of carbonyl (C=O) groups excluding carboxylic acids is 2. The Balaban J connectivity index is 2.52. The standard InChI is InChI=1S/C13H15ClN2O4/c14-9-4-2-1-3-8(9)5-6-12(18)16-10(13(19)20)7-11(15)17/h1-4,10H,5-7H2,(H2,15,17)(H,16,18)(H,19,20)/t10-/m1/s1. The molecule has 0 heterocycles. The Kier molecular flexibility index (Phi) is 5.99. The van der Waals surface area contributed by atoms with Crippen molar-refractivity contribution in [2.45, 2.75) is 25.3 Å². The van der Waals surface area contributed by atoms with Gasteiger partial charge in [-0.3, -0.25) is 9.59 Å². The fourth-order valence-corrected chi connectivity index (χ4v) is 1.85. The van der Waals surface area contributed by atoms with Gasteiger partial charge in [-0.25, -0.2) is 4.79 Å². The summed E-state index contributed by atoms with van der Waals surface area (Å²) in [6.07, 6.45) is 0.0217. The number of aryl methyl sites for hydroxylation is 1. The normalized spacial score (nSPS) is 11.7. The van der Waals surface area contributed by atoms with Gasteiger partial charge in [-0.2, -0.15) is 0 Å². The summed E-state index contributed by atoms with van der Waals surface area (Å²) in [4.78, 5) is 33.2. The topological polar surface area (TPSA) is 109 Å². The van der Waals surface area contributed by atoms with Crippen LogP contribution in [0.25, 0.3) is 0 Å². The molecule has 0 aliphatic rings. The zero-order valence-corrected chi connectivity index (χ0v) is 11.4. The second-order valence-electron chi connectivity index (χ2n) is 4.22. The first-order valence-electron chi connectivity index (χ1n) is 5.94. The largest absolute Gasteiger partial charge is 0.480 e. The molecular weight excluding hydrogens is 284 g/mol. The Labute approximate surface area is 120 Å². The Morgan fingerprint density at radius 2 is 1.95 bits per heavy atom. The number of hydrogen-bond acceptors (Lipinski definition) is 3. The molecule has 0 bridgehead atoms. The average molecular weight is 299 g/mol. The maximum Gasteiger partial charge on any atom is 0.326 e. The number of carboxylic acid groups (broad SMARTS) is 1. The van der Waals surface area contributed by atoms with Gasteiger partial charge in [-0.1, -0.05) is 29.8 Å². The van der Waals surface area contributed by atoms with Gasteiger partial charge >= 0.3 is 5.97 Å². The van der Waals surface area contributed by atoms with E-state index >= 15 is 0 Å². The molecule has 7 heteroatoms. The summed E-state index contributed by atoms with van der Waals surface area (Å²) in [7, 11) is 0. The van der Waals surface area contributed by atoms with Crippen molar-refractivity contribution in [3.8, 4) is 0 Å². The monoisotopic (exact) mass is 298 g/mol. The minimum Gasteiger partial charge on any atom is -0.480 e. The van der Waals surface area contributed by atoms with Crippen LogP contribution in [0.4, 0.5) is 0 Å². The third-order valence-electron chi connectivity index (χ3n) is 2.62. The van der Waals surface area contributed by atoms with Gasteiger partial charge in [-0.15, -0.1) is 0 Å². The van der Waals surface area contributed by atoms with Crippen LogP contribution in [0.2, 0.25) is 5.02 Å². The zero-order valence-electron chi connectivity index (χ0n) is 10.6. The van der Waals surface area contributed by atoms with Crippen LogP contribution >= 0.6 is 11.6 Å². The van der Waals surface area contributed by atoms with Crippen molar-refractivity contribution in [2.24, 2.45) is 5.73 Å². The molecule has 1 aromatic rings. The van der Waals surface area contributed by atoms with Crippen LogP contribution in [0, 0.1) is 0 Å². The average Bonchev–Trinajstić information content (AvgIpc) is 2.36. The van der Waals surface area contributed by atoms with E-state index in [0.717, 1.165) is 5.56 Å². The SMILES string of the molecule is NC(=O)C[C@@H](NC(=O)CCc1ccccc1Cl)C(=O)O. The molecule has 0 aromatic heterocycles. The lowest BCUT2D eigenvalue weighted by atomic mass is 10.1. The molecule has 1 atom stereocenters. The minimum absolute atomic E-state index is 0.0757. The van der Waals surface area contributed by atoms with Crippen molar-refractivity contribution in [3.63, 3.8) is 0 Å². The maximum absolute atomic E-state index is 11.7. The number of carboxylic acids is 1. The molecule has 0 spiro atoms. The Hall–Kier alpha value is -2.08. The van der Waals surface area contributed by atoms with Crippen molar-refractivity contribution in [1.29, 1.82) is 0 Å². The molecule has 0 unspecified atom stereocenters. The lowest BCUT2D eigenvalue weighted by Crippen LogP contribution is -2.43. The van der Waals surface area contributed by atoms with Gasteiger partial charge in [-0.05, 0) is 18.1 Å². The van der Waals surface area contributed by atoms with Crippen molar-refractivity contribution < 1.29 is 19.5 Å². The van der Waals surface area contributed by atoms with E-state index in [2.05, 4.69) is 5.32 Å². The molecule has 1 aromatic carbocycles. The third kappa shape index (κ3) is 5.27. The highest BCUT2D eigenvalue weighted by molar-refractivity contribution is 6.31. The number of hydrogen-bond donors (Lipinski definition) is 3. The number of aliphatic carboxylic acids is 1. The predicted octanol–water partition coefficient (Wildman–Crippen LogP) is 0.717. The van der Waals surface area contributed by atoms with E-state index < -0.39 is 30.2 Å².